The van der Waals surface area contributed by atoms with Gasteiger partial charge in [0.15, 0.2) is 0 Å². The molecule has 5 radical (unpaired) electrons. The van der Waals surface area contributed by atoms with Gasteiger partial charge in [0.25, 0.3) is 0 Å². The Morgan fingerprint density at radius 3 is 2.67 bits per heavy atom. The Hall–Kier alpha value is 0.354. The number of hydrogen-bond donors (Lipinski definition) is 0. The first kappa shape index (κ1) is 6.35. The van der Waals surface area contributed by atoms with Gasteiger partial charge in [0.1, 0.15) is 0 Å². The first-order valence-electron chi connectivity index (χ1n) is 1.61. The fraction of sp³-hybridized carbons (Fsp3) is 1.00. The van der Waals surface area contributed by atoms with Gasteiger partial charge in [-0.1, -0.05) is 0 Å². The third kappa shape index (κ3) is 4.35. The quantitative estimate of drug-likeness (QED) is 0.372. The molecule has 0 aromatic heterocycles. The van der Waals surface area contributed by atoms with E-state index in [2.05, 4.69) is 14.6 Å². The molecule has 0 aliphatic carbocycles. The molecule has 0 saturated carbocycles. The van der Waals surface area contributed by atoms with Crippen LogP contribution in [0, 0.1) is 0 Å². The zero-order chi connectivity index (χ0) is 4.83. The van der Waals surface area contributed by atoms with Crippen LogP contribution in [0.1, 0.15) is 6.92 Å². The van der Waals surface area contributed by atoms with Crippen LogP contribution in [0.25, 0.3) is 0 Å². The number of rotatable bonds is 3. The van der Waals surface area contributed by atoms with Gasteiger partial charge in [0.05, 0.1) is 0 Å². The van der Waals surface area contributed by atoms with Crippen molar-refractivity contribution in [2.75, 3.05) is 6.61 Å². The molecule has 4 heteroatoms. The summed E-state index contributed by atoms with van der Waals surface area (Å²) in [6.07, 6.45) is 0. The van der Waals surface area contributed by atoms with E-state index in [1.165, 1.54) is 0 Å². The van der Waals surface area contributed by atoms with Gasteiger partial charge in [-0.25, -0.2) is 0 Å². The van der Waals surface area contributed by atoms with Gasteiger partial charge in [0.2, 0.25) is 10.5 Å². The van der Waals surface area contributed by atoms with E-state index in [1.807, 2.05) is 6.92 Å². The molecule has 0 saturated heterocycles. The van der Waals surface area contributed by atoms with Gasteiger partial charge in [-0.05, 0) is 6.92 Å². The Morgan fingerprint density at radius 2 is 2.50 bits per heavy atom. The SMILES string of the molecule is CCO[Si]O[Si]. The van der Waals surface area contributed by atoms with E-state index < -0.39 is 0 Å². The van der Waals surface area contributed by atoms with Crippen LogP contribution < -0.4 is 0 Å². The molecule has 0 N–H and O–H groups in total. The zero-order valence-corrected chi connectivity index (χ0v) is 5.52. The molecule has 6 heavy (non-hydrogen) atoms. The average molecular weight is 117 g/mol. The van der Waals surface area contributed by atoms with Crippen LogP contribution in [-0.2, 0) is 8.54 Å². The molecule has 0 atom stereocenters. The lowest BCUT2D eigenvalue weighted by atomic mass is 10.9. The molecular formula is C2H5O2Si2. The third-order valence-electron chi connectivity index (χ3n) is 0.245. The predicted octanol–water partition coefficient (Wildman–Crippen LogP) is -0.343. The summed E-state index contributed by atoms with van der Waals surface area (Å²) in [5.41, 5.74) is 0. The highest BCUT2D eigenvalue weighted by molar-refractivity contribution is 6.27. The highest BCUT2D eigenvalue weighted by Gasteiger charge is 1.79. The van der Waals surface area contributed by atoms with Gasteiger partial charge in [0, 0.05) is 6.61 Å². The van der Waals surface area contributed by atoms with Crippen LogP contribution in [0.15, 0.2) is 0 Å². The molecule has 0 bridgehead atoms. The van der Waals surface area contributed by atoms with Gasteiger partial charge >= 0.3 is 10.0 Å². The van der Waals surface area contributed by atoms with Crippen molar-refractivity contribution in [3.8, 4) is 0 Å². The lowest BCUT2D eigenvalue weighted by Crippen LogP contribution is -2.00. The zero-order valence-electron chi connectivity index (χ0n) is 3.52. The van der Waals surface area contributed by atoms with E-state index in [0.717, 1.165) is 0 Å². The summed E-state index contributed by atoms with van der Waals surface area (Å²) in [6.45, 7) is 2.63. The third-order valence-corrected chi connectivity index (χ3v) is 0.985. The smallest absolute Gasteiger partial charge is 0.421 e. The second kappa shape index (κ2) is 5.35. The Kier molecular flexibility index (Phi) is 5.67. The molecular weight excluding hydrogens is 112 g/mol. The average Bonchev–Trinajstić information content (AvgIpc) is 1.61. The highest BCUT2D eigenvalue weighted by atomic mass is 28.3. The minimum Gasteiger partial charge on any atom is -0.435 e. The summed E-state index contributed by atoms with van der Waals surface area (Å²) < 4.78 is 9.13. The topological polar surface area (TPSA) is 18.5 Å². The molecule has 0 aromatic carbocycles. The minimum atomic E-state index is 0.128. The molecule has 0 rings (SSSR count). The number of hydrogen-bond acceptors (Lipinski definition) is 2. The minimum absolute atomic E-state index is 0.128. The Morgan fingerprint density at radius 1 is 1.83 bits per heavy atom. The lowest BCUT2D eigenvalue weighted by Gasteiger charge is -1.89. The van der Waals surface area contributed by atoms with E-state index in [-0.39, 0.29) is 10.0 Å². The van der Waals surface area contributed by atoms with Crippen molar-refractivity contribution in [2.24, 2.45) is 0 Å². The van der Waals surface area contributed by atoms with Gasteiger partial charge in [-0.15, -0.1) is 0 Å². The molecule has 0 heterocycles. The summed E-state index contributed by atoms with van der Waals surface area (Å²) in [5.74, 6) is 0. The van der Waals surface area contributed by atoms with E-state index in [1.54, 1.807) is 0 Å². The first-order valence-corrected chi connectivity index (χ1v) is 2.83. The van der Waals surface area contributed by atoms with Crippen molar-refractivity contribution in [2.45, 2.75) is 6.92 Å². The first-order chi connectivity index (χ1) is 2.91. The van der Waals surface area contributed by atoms with E-state index in [0.29, 0.717) is 6.61 Å². The molecule has 0 amide bonds. The second-order valence-electron chi connectivity index (χ2n) is 0.618. The van der Waals surface area contributed by atoms with E-state index >= 15 is 0 Å². The largest absolute Gasteiger partial charge is 0.435 e. The standard InChI is InChI=1S/C2H5O2Si2/c1-2-3-6-4-5/h2H2,1H3. The van der Waals surface area contributed by atoms with Crippen molar-refractivity contribution in [3.05, 3.63) is 0 Å². The second-order valence-corrected chi connectivity index (χ2v) is 1.89. The fourth-order valence-corrected chi connectivity index (χ4v) is 0.442. The molecule has 0 aliphatic rings. The van der Waals surface area contributed by atoms with E-state index in [4.69, 9.17) is 4.43 Å². The highest BCUT2D eigenvalue weighted by Crippen LogP contribution is 1.64. The predicted molar refractivity (Wildman–Crippen MR) is 24.2 cm³/mol. The van der Waals surface area contributed by atoms with Crippen molar-refractivity contribution < 1.29 is 8.54 Å². The van der Waals surface area contributed by atoms with Gasteiger partial charge in [-0.2, -0.15) is 0 Å². The summed E-state index contributed by atoms with van der Waals surface area (Å²) in [6, 6.07) is 0. The van der Waals surface area contributed by atoms with Crippen LogP contribution >= 0.6 is 0 Å². The van der Waals surface area contributed by atoms with Crippen LogP contribution in [0.2, 0.25) is 0 Å². The normalized spacial score (nSPS) is 9.00. The van der Waals surface area contributed by atoms with Crippen LogP contribution in [0.3, 0.4) is 0 Å². The van der Waals surface area contributed by atoms with E-state index in [9.17, 15) is 0 Å². The summed E-state index contributed by atoms with van der Waals surface area (Å²) in [5, 5.41) is 0. The molecule has 2 nitrogen and oxygen atoms in total. The molecule has 0 aromatic rings. The lowest BCUT2D eigenvalue weighted by molar-refractivity contribution is 0.314. The maximum Gasteiger partial charge on any atom is 0.421 e. The molecule has 33 valence electrons. The van der Waals surface area contributed by atoms with Crippen molar-refractivity contribution >= 4 is 20.5 Å². The Balaban J connectivity index is 2.34. The maximum atomic E-state index is 4.74. The van der Waals surface area contributed by atoms with Gasteiger partial charge in [-0.3, -0.25) is 0 Å². The molecule has 0 spiro atoms. The van der Waals surface area contributed by atoms with Crippen molar-refractivity contribution in [3.63, 3.8) is 0 Å². The summed E-state index contributed by atoms with van der Waals surface area (Å²) in [4.78, 5) is 0. The summed E-state index contributed by atoms with van der Waals surface area (Å²) >= 11 is 0. The molecule has 0 aliphatic heterocycles. The van der Waals surface area contributed by atoms with Crippen molar-refractivity contribution in [1.82, 2.24) is 0 Å². The van der Waals surface area contributed by atoms with Crippen LogP contribution in [0.4, 0.5) is 0 Å². The molecule has 0 unspecified atom stereocenters. The van der Waals surface area contributed by atoms with Gasteiger partial charge < -0.3 is 8.54 Å². The van der Waals surface area contributed by atoms with Crippen molar-refractivity contribution in [1.29, 1.82) is 0 Å². The maximum absolute atomic E-state index is 4.74. The molecule has 0 fully saturated rings. The fourth-order valence-electron chi connectivity index (χ4n) is 0.0884. The monoisotopic (exact) mass is 117 g/mol. The Bertz CT molecular complexity index is 21.5. The summed E-state index contributed by atoms with van der Waals surface area (Å²) in [7, 11) is 2.91. The van der Waals surface area contributed by atoms with Crippen LogP contribution in [-0.4, -0.2) is 27.1 Å². The van der Waals surface area contributed by atoms with Crippen LogP contribution in [0.5, 0.6) is 0 Å². The Labute approximate surface area is 43.4 Å².